The van der Waals surface area contributed by atoms with Gasteiger partial charge in [-0.2, -0.15) is 0 Å². The monoisotopic (exact) mass is 359 g/mol. The number of hydrogen-bond acceptors (Lipinski definition) is 6. The minimum atomic E-state index is -0.595. The quantitative estimate of drug-likeness (QED) is 0.579. The number of nitro groups is 1. The zero-order valence-corrected chi connectivity index (χ0v) is 14.1. The lowest BCUT2D eigenvalue weighted by molar-refractivity contribution is -0.384. The second kappa shape index (κ2) is 8.58. The summed E-state index contributed by atoms with van der Waals surface area (Å²) >= 11 is 0. The largest absolute Gasteiger partial charge is 0.496 e. The zero-order valence-electron chi connectivity index (χ0n) is 14.1. The van der Waals surface area contributed by atoms with Crippen LogP contribution in [-0.2, 0) is 9.53 Å². The number of benzene rings is 2. The fourth-order valence-electron chi connectivity index (χ4n) is 2.19. The number of non-ortho nitro benzene ring substituents is 1. The van der Waals surface area contributed by atoms with Crippen molar-refractivity contribution in [1.29, 1.82) is 0 Å². The van der Waals surface area contributed by atoms with Crippen LogP contribution >= 0.6 is 0 Å². The molecule has 136 valence electrons. The van der Waals surface area contributed by atoms with Crippen molar-refractivity contribution < 1.29 is 24.0 Å². The fraction of sp³-hybridized carbons (Fsp3) is 0.176. The second-order valence-electron chi connectivity index (χ2n) is 5.16. The summed E-state index contributed by atoms with van der Waals surface area (Å²) in [4.78, 5) is 34.4. The lowest BCUT2D eigenvalue weighted by Gasteiger charge is -2.11. The third kappa shape index (κ3) is 4.77. The third-order valence-corrected chi connectivity index (χ3v) is 3.32. The van der Waals surface area contributed by atoms with E-state index in [1.165, 1.54) is 26.4 Å². The Hall–Kier alpha value is -3.46. The summed E-state index contributed by atoms with van der Waals surface area (Å²) in [7, 11) is 2.77. The van der Waals surface area contributed by atoms with E-state index in [0.29, 0.717) is 11.4 Å². The Morgan fingerprint density at radius 1 is 1.08 bits per heavy atom. The molecule has 2 rings (SSSR count). The van der Waals surface area contributed by atoms with Gasteiger partial charge in [0, 0.05) is 30.6 Å². The molecule has 0 heterocycles. The molecule has 0 aromatic heterocycles. The van der Waals surface area contributed by atoms with E-state index < -0.39 is 10.8 Å². The van der Waals surface area contributed by atoms with Crippen molar-refractivity contribution in [3.8, 4) is 5.75 Å². The fourth-order valence-corrected chi connectivity index (χ4v) is 2.19. The van der Waals surface area contributed by atoms with Crippen LogP contribution in [0.3, 0.4) is 0 Å². The Labute approximate surface area is 149 Å². The summed E-state index contributed by atoms with van der Waals surface area (Å²) in [6.07, 6.45) is 0. The standard InChI is InChI=1S/C17H17N3O6/c1-25-10-16(21)18-11-4-3-5-12(8-11)19-17(22)14-9-13(20(23)24)6-7-15(14)26-2/h3-9H,10H2,1-2H3,(H,18,21)(H,19,22). The van der Waals surface area contributed by atoms with Gasteiger partial charge in [0.1, 0.15) is 12.4 Å². The average molecular weight is 359 g/mol. The highest BCUT2D eigenvalue weighted by atomic mass is 16.6. The Balaban J connectivity index is 2.21. The van der Waals surface area contributed by atoms with E-state index >= 15 is 0 Å². The highest BCUT2D eigenvalue weighted by Crippen LogP contribution is 2.25. The molecule has 2 aromatic carbocycles. The summed E-state index contributed by atoms with van der Waals surface area (Å²) in [6.45, 7) is -0.0958. The molecule has 0 fully saturated rings. The van der Waals surface area contributed by atoms with Crippen LogP contribution in [0.15, 0.2) is 42.5 Å². The number of carbonyl (C=O) groups is 2. The summed E-state index contributed by atoms with van der Waals surface area (Å²) in [6, 6.07) is 10.2. The number of rotatable bonds is 7. The van der Waals surface area contributed by atoms with E-state index in [2.05, 4.69) is 10.6 Å². The molecule has 0 aliphatic heterocycles. The molecule has 0 saturated heterocycles. The molecule has 0 saturated carbocycles. The van der Waals surface area contributed by atoms with E-state index in [1.54, 1.807) is 24.3 Å². The van der Waals surface area contributed by atoms with Gasteiger partial charge in [-0.3, -0.25) is 19.7 Å². The summed E-state index contributed by atoms with van der Waals surface area (Å²) in [5.74, 6) is -0.708. The second-order valence-corrected chi connectivity index (χ2v) is 5.16. The molecule has 26 heavy (non-hydrogen) atoms. The normalized spacial score (nSPS) is 10.1. The van der Waals surface area contributed by atoms with Gasteiger partial charge >= 0.3 is 0 Å². The summed E-state index contributed by atoms with van der Waals surface area (Å²) in [5.41, 5.74) is 0.668. The molecule has 9 nitrogen and oxygen atoms in total. The predicted octanol–water partition coefficient (Wildman–Crippen LogP) is 2.44. The van der Waals surface area contributed by atoms with Gasteiger partial charge in [-0.05, 0) is 24.3 Å². The number of nitrogens with one attached hydrogen (secondary N) is 2. The molecule has 2 aromatic rings. The van der Waals surface area contributed by atoms with E-state index in [9.17, 15) is 19.7 Å². The lowest BCUT2D eigenvalue weighted by atomic mass is 10.1. The number of hydrogen-bond donors (Lipinski definition) is 2. The van der Waals surface area contributed by atoms with Crippen LogP contribution in [-0.4, -0.2) is 37.6 Å². The maximum Gasteiger partial charge on any atom is 0.270 e. The minimum Gasteiger partial charge on any atom is -0.496 e. The Morgan fingerprint density at radius 3 is 2.38 bits per heavy atom. The highest BCUT2D eigenvalue weighted by Gasteiger charge is 2.17. The number of carbonyl (C=O) groups excluding carboxylic acids is 2. The lowest BCUT2D eigenvalue weighted by Crippen LogP contribution is -2.17. The molecule has 0 aliphatic carbocycles. The van der Waals surface area contributed by atoms with Crippen molar-refractivity contribution in [3.63, 3.8) is 0 Å². The van der Waals surface area contributed by atoms with Crippen molar-refractivity contribution in [1.82, 2.24) is 0 Å². The first-order valence-electron chi connectivity index (χ1n) is 7.47. The predicted molar refractivity (Wildman–Crippen MR) is 94.5 cm³/mol. The van der Waals surface area contributed by atoms with Crippen LogP contribution in [0.1, 0.15) is 10.4 Å². The van der Waals surface area contributed by atoms with Crippen LogP contribution in [0.5, 0.6) is 5.75 Å². The molecular weight excluding hydrogens is 342 g/mol. The summed E-state index contributed by atoms with van der Waals surface area (Å²) < 4.78 is 9.82. The smallest absolute Gasteiger partial charge is 0.270 e. The van der Waals surface area contributed by atoms with Gasteiger partial charge in [-0.25, -0.2) is 0 Å². The molecule has 0 bridgehead atoms. The number of nitro benzene ring substituents is 1. The van der Waals surface area contributed by atoms with Crippen molar-refractivity contribution in [2.24, 2.45) is 0 Å². The molecule has 0 radical (unpaired) electrons. The van der Waals surface area contributed by atoms with Crippen molar-refractivity contribution in [3.05, 3.63) is 58.1 Å². The third-order valence-electron chi connectivity index (χ3n) is 3.32. The van der Waals surface area contributed by atoms with Gasteiger partial charge in [0.05, 0.1) is 17.6 Å². The van der Waals surface area contributed by atoms with Gasteiger partial charge < -0.3 is 20.1 Å². The number of anilines is 2. The molecule has 2 amide bonds. The van der Waals surface area contributed by atoms with E-state index in [-0.39, 0.29) is 29.5 Å². The molecule has 0 unspecified atom stereocenters. The molecular formula is C17H17N3O6. The summed E-state index contributed by atoms with van der Waals surface area (Å²) in [5, 5.41) is 16.2. The number of amides is 2. The Bertz CT molecular complexity index is 837. The van der Waals surface area contributed by atoms with Crippen molar-refractivity contribution in [2.75, 3.05) is 31.5 Å². The highest BCUT2D eigenvalue weighted by molar-refractivity contribution is 6.07. The van der Waals surface area contributed by atoms with Crippen LogP contribution in [0.4, 0.5) is 17.1 Å². The van der Waals surface area contributed by atoms with Gasteiger partial charge in [0.15, 0.2) is 0 Å². The Morgan fingerprint density at radius 2 is 1.77 bits per heavy atom. The maximum atomic E-state index is 12.5. The molecule has 0 aliphatic rings. The van der Waals surface area contributed by atoms with E-state index in [1.807, 2.05) is 0 Å². The number of nitrogens with zero attached hydrogens (tertiary/aromatic N) is 1. The van der Waals surface area contributed by atoms with Crippen LogP contribution in [0, 0.1) is 10.1 Å². The van der Waals surface area contributed by atoms with Gasteiger partial charge in [-0.15, -0.1) is 0 Å². The van der Waals surface area contributed by atoms with Gasteiger partial charge in [0.2, 0.25) is 5.91 Å². The first-order valence-corrected chi connectivity index (χ1v) is 7.47. The molecule has 2 N–H and O–H groups in total. The van der Waals surface area contributed by atoms with E-state index in [0.717, 1.165) is 6.07 Å². The van der Waals surface area contributed by atoms with Gasteiger partial charge in [-0.1, -0.05) is 6.07 Å². The maximum absolute atomic E-state index is 12.5. The number of ether oxygens (including phenoxy) is 2. The van der Waals surface area contributed by atoms with Crippen LogP contribution < -0.4 is 15.4 Å². The number of methoxy groups -OCH3 is 2. The van der Waals surface area contributed by atoms with Crippen molar-refractivity contribution >= 4 is 28.9 Å². The Kier molecular flexibility index (Phi) is 6.23. The van der Waals surface area contributed by atoms with Crippen LogP contribution in [0.25, 0.3) is 0 Å². The van der Waals surface area contributed by atoms with E-state index in [4.69, 9.17) is 9.47 Å². The SMILES string of the molecule is COCC(=O)Nc1cccc(NC(=O)c2cc([N+](=O)[O-])ccc2OC)c1. The molecule has 0 spiro atoms. The first-order chi connectivity index (χ1) is 12.4. The molecule has 0 atom stereocenters. The van der Waals surface area contributed by atoms with Crippen molar-refractivity contribution in [2.45, 2.75) is 0 Å². The zero-order chi connectivity index (χ0) is 19.1. The average Bonchev–Trinajstić information content (AvgIpc) is 2.61. The van der Waals surface area contributed by atoms with Gasteiger partial charge in [0.25, 0.3) is 11.6 Å². The first kappa shape index (κ1) is 18.9. The minimum absolute atomic E-state index is 0.0236. The topological polar surface area (TPSA) is 120 Å². The van der Waals surface area contributed by atoms with Crippen LogP contribution in [0.2, 0.25) is 0 Å². The molecule has 9 heteroatoms.